The van der Waals surface area contributed by atoms with E-state index in [1.807, 2.05) is 6.07 Å². The SMILES string of the molecule is CCNC(=NCc1cccc(CN(C)CC)c1)N1CCN(Cc2ccon2)CC1. The molecule has 3 rings (SSSR count). The first kappa shape index (κ1) is 21.3. The Morgan fingerprint density at radius 1 is 1.17 bits per heavy atom. The number of hydrogen-bond donors (Lipinski definition) is 1. The first-order valence-corrected chi connectivity index (χ1v) is 10.6. The Kier molecular flexibility index (Phi) is 8.07. The van der Waals surface area contributed by atoms with Crippen LogP contribution in [0.3, 0.4) is 0 Å². The van der Waals surface area contributed by atoms with Gasteiger partial charge in [0.1, 0.15) is 6.26 Å². The van der Waals surface area contributed by atoms with Gasteiger partial charge in [-0.15, -0.1) is 0 Å². The van der Waals surface area contributed by atoms with Crippen LogP contribution in [0.1, 0.15) is 30.7 Å². The highest BCUT2D eigenvalue weighted by Gasteiger charge is 2.20. The van der Waals surface area contributed by atoms with E-state index in [0.29, 0.717) is 6.54 Å². The molecule has 0 saturated carbocycles. The number of aromatic nitrogens is 1. The molecule has 1 aliphatic rings. The molecule has 1 fully saturated rings. The fraction of sp³-hybridized carbons (Fsp3) is 0.545. The van der Waals surface area contributed by atoms with Crippen molar-refractivity contribution in [2.45, 2.75) is 33.5 Å². The topological polar surface area (TPSA) is 60.1 Å². The molecule has 0 amide bonds. The first-order chi connectivity index (χ1) is 14.2. The van der Waals surface area contributed by atoms with Crippen LogP contribution in [0.5, 0.6) is 0 Å². The minimum absolute atomic E-state index is 0.700. The predicted octanol–water partition coefficient (Wildman–Crippen LogP) is 2.41. The monoisotopic (exact) mass is 398 g/mol. The number of benzene rings is 1. The minimum Gasteiger partial charge on any atom is -0.364 e. The molecule has 158 valence electrons. The zero-order chi connectivity index (χ0) is 20.5. The van der Waals surface area contributed by atoms with E-state index < -0.39 is 0 Å². The maximum Gasteiger partial charge on any atom is 0.194 e. The molecule has 0 aliphatic carbocycles. The van der Waals surface area contributed by atoms with E-state index in [-0.39, 0.29) is 0 Å². The van der Waals surface area contributed by atoms with Crippen molar-refractivity contribution >= 4 is 5.96 Å². The molecule has 0 unspecified atom stereocenters. The van der Waals surface area contributed by atoms with Crippen molar-refractivity contribution in [1.82, 2.24) is 25.2 Å². The lowest BCUT2D eigenvalue weighted by Gasteiger charge is -2.36. The third kappa shape index (κ3) is 6.58. The summed E-state index contributed by atoms with van der Waals surface area (Å²) < 4.78 is 4.94. The van der Waals surface area contributed by atoms with Gasteiger partial charge in [-0.1, -0.05) is 36.3 Å². The summed E-state index contributed by atoms with van der Waals surface area (Å²) in [6.07, 6.45) is 1.64. The highest BCUT2D eigenvalue weighted by atomic mass is 16.5. The van der Waals surface area contributed by atoms with E-state index in [4.69, 9.17) is 9.52 Å². The van der Waals surface area contributed by atoms with Gasteiger partial charge in [0.2, 0.25) is 0 Å². The van der Waals surface area contributed by atoms with E-state index in [2.05, 4.69) is 70.3 Å². The quantitative estimate of drug-likeness (QED) is 0.544. The zero-order valence-electron chi connectivity index (χ0n) is 18.0. The Balaban J connectivity index is 1.57. The van der Waals surface area contributed by atoms with E-state index in [9.17, 15) is 0 Å². The number of nitrogens with one attached hydrogen (secondary N) is 1. The van der Waals surface area contributed by atoms with E-state index in [1.165, 1.54) is 11.1 Å². The number of guanidine groups is 1. The molecule has 1 N–H and O–H groups in total. The van der Waals surface area contributed by atoms with Crippen molar-refractivity contribution in [3.63, 3.8) is 0 Å². The summed E-state index contributed by atoms with van der Waals surface area (Å²) in [5.74, 6) is 1.00. The number of hydrogen-bond acceptors (Lipinski definition) is 5. The fourth-order valence-electron chi connectivity index (χ4n) is 3.51. The van der Waals surface area contributed by atoms with Gasteiger partial charge in [-0.2, -0.15) is 0 Å². The van der Waals surface area contributed by atoms with E-state index in [0.717, 1.165) is 64.0 Å². The van der Waals surface area contributed by atoms with Gasteiger partial charge in [0.15, 0.2) is 5.96 Å². The van der Waals surface area contributed by atoms with Crippen LogP contribution in [-0.4, -0.2) is 72.1 Å². The summed E-state index contributed by atoms with van der Waals surface area (Å²) in [6, 6.07) is 10.7. The molecule has 1 saturated heterocycles. The molecule has 1 aromatic heterocycles. The standard InChI is InChI=1S/C22H34N6O/c1-4-23-22(24-16-19-7-6-8-20(15-19)17-26(3)5-2)28-12-10-27(11-13-28)18-21-9-14-29-25-21/h6-9,14-15H,4-5,10-13,16-18H2,1-3H3,(H,23,24). The number of aliphatic imine (C=N–C) groups is 1. The summed E-state index contributed by atoms with van der Waals surface area (Å²) in [7, 11) is 2.15. The van der Waals surface area contributed by atoms with Crippen LogP contribution in [-0.2, 0) is 19.6 Å². The van der Waals surface area contributed by atoms with Crippen LogP contribution in [0.2, 0.25) is 0 Å². The van der Waals surface area contributed by atoms with Crippen LogP contribution >= 0.6 is 0 Å². The van der Waals surface area contributed by atoms with E-state index in [1.54, 1.807) is 6.26 Å². The van der Waals surface area contributed by atoms with Gasteiger partial charge < -0.3 is 19.6 Å². The molecule has 1 aliphatic heterocycles. The van der Waals surface area contributed by atoms with Crippen LogP contribution < -0.4 is 5.32 Å². The lowest BCUT2D eigenvalue weighted by Crippen LogP contribution is -2.52. The zero-order valence-corrected chi connectivity index (χ0v) is 18.0. The van der Waals surface area contributed by atoms with Crippen molar-refractivity contribution in [3.8, 4) is 0 Å². The summed E-state index contributed by atoms with van der Waals surface area (Å²) in [4.78, 5) is 12.0. The van der Waals surface area contributed by atoms with Crippen LogP contribution in [0.15, 0.2) is 46.1 Å². The molecule has 0 atom stereocenters. The Bertz CT molecular complexity index is 752. The highest BCUT2D eigenvalue weighted by molar-refractivity contribution is 5.80. The molecule has 0 spiro atoms. The maximum atomic E-state index is 4.94. The smallest absolute Gasteiger partial charge is 0.194 e. The summed E-state index contributed by atoms with van der Waals surface area (Å²) in [6.45, 7) is 12.7. The van der Waals surface area contributed by atoms with Gasteiger partial charge in [0.25, 0.3) is 0 Å². The molecule has 7 heteroatoms. The van der Waals surface area contributed by atoms with Crippen molar-refractivity contribution < 1.29 is 4.52 Å². The summed E-state index contributed by atoms with van der Waals surface area (Å²) in [5, 5.41) is 7.48. The predicted molar refractivity (Wildman–Crippen MR) is 117 cm³/mol. The highest BCUT2D eigenvalue weighted by Crippen LogP contribution is 2.11. The van der Waals surface area contributed by atoms with Crippen LogP contribution in [0.4, 0.5) is 0 Å². The van der Waals surface area contributed by atoms with Gasteiger partial charge in [-0.05, 0) is 31.6 Å². The van der Waals surface area contributed by atoms with Crippen molar-refractivity contribution in [2.75, 3.05) is 46.3 Å². The molecular weight excluding hydrogens is 364 g/mol. The summed E-state index contributed by atoms with van der Waals surface area (Å²) in [5.41, 5.74) is 3.59. The van der Waals surface area contributed by atoms with Gasteiger partial charge in [-0.3, -0.25) is 4.90 Å². The second kappa shape index (κ2) is 11.0. The first-order valence-electron chi connectivity index (χ1n) is 10.6. The van der Waals surface area contributed by atoms with Crippen molar-refractivity contribution in [1.29, 1.82) is 0 Å². The lowest BCUT2D eigenvalue weighted by atomic mass is 10.1. The number of piperazine rings is 1. The molecule has 2 heterocycles. The minimum atomic E-state index is 0.700. The second-order valence-corrected chi connectivity index (χ2v) is 7.57. The Labute approximate surface area is 174 Å². The van der Waals surface area contributed by atoms with Gasteiger partial charge in [0, 0.05) is 51.9 Å². The van der Waals surface area contributed by atoms with E-state index >= 15 is 0 Å². The summed E-state index contributed by atoms with van der Waals surface area (Å²) >= 11 is 0. The van der Waals surface area contributed by atoms with Crippen LogP contribution in [0.25, 0.3) is 0 Å². The Morgan fingerprint density at radius 3 is 2.66 bits per heavy atom. The number of nitrogens with zero attached hydrogens (tertiary/aromatic N) is 5. The molecule has 7 nitrogen and oxygen atoms in total. The van der Waals surface area contributed by atoms with Crippen molar-refractivity contribution in [2.24, 2.45) is 4.99 Å². The average Bonchev–Trinajstić information content (AvgIpc) is 3.25. The second-order valence-electron chi connectivity index (χ2n) is 7.57. The fourth-order valence-corrected chi connectivity index (χ4v) is 3.51. The lowest BCUT2D eigenvalue weighted by molar-refractivity contribution is 0.169. The van der Waals surface area contributed by atoms with Crippen molar-refractivity contribution in [3.05, 3.63) is 53.4 Å². The normalized spacial score (nSPS) is 15.9. The largest absolute Gasteiger partial charge is 0.364 e. The molecule has 1 aromatic carbocycles. The molecular formula is C22H34N6O. The van der Waals surface area contributed by atoms with Crippen LogP contribution in [0, 0.1) is 0 Å². The molecule has 29 heavy (non-hydrogen) atoms. The number of rotatable bonds is 8. The third-order valence-electron chi connectivity index (χ3n) is 5.28. The van der Waals surface area contributed by atoms with Gasteiger partial charge >= 0.3 is 0 Å². The molecule has 2 aromatic rings. The van der Waals surface area contributed by atoms with Gasteiger partial charge in [-0.25, -0.2) is 4.99 Å². The molecule has 0 radical (unpaired) electrons. The maximum absolute atomic E-state index is 4.94. The average molecular weight is 399 g/mol. The Morgan fingerprint density at radius 2 is 1.97 bits per heavy atom. The van der Waals surface area contributed by atoms with Gasteiger partial charge in [0.05, 0.1) is 12.2 Å². The third-order valence-corrected chi connectivity index (χ3v) is 5.28. The molecule has 0 bridgehead atoms. The Hall–Kier alpha value is -2.38.